The van der Waals surface area contributed by atoms with Crippen LogP contribution in [0, 0.1) is 0 Å². The summed E-state index contributed by atoms with van der Waals surface area (Å²) in [6, 6.07) is 0. The van der Waals surface area contributed by atoms with Crippen LogP contribution in [0.3, 0.4) is 0 Å². The Morgan fingerprint density at radius 1 is 0.947 bits per heavy atom. The van der Waals surface area contributed by atoms with Gasteiger partial charge in [-0.25, -0.2) is 0 Å². The summed E-state index contributed by atoms with van der Waals surface area (Å²) in [6.45, 7) is 3.84. The number of unbranched alkanes of at least 4 members (excludes halogenated alkanes) is 9. The molecule has 0 amide bonds. The van der Waals surface area contributed by atoms with E-state index >= 15 is 0 Å². The van der Waals surface area contributed by atoms with Gasteiger partial charge in [-0.2, -0.15) is 0 Å². The molecule has 4 heteroatoms. The van der Waals surface area contributed by atoms with Crippen molar-refractivity contribution in [2.75, 3.05) is 0 Å². The summed E-state index contributed by atoms with van der Waals surface area (Å²) in [6.07, 6.45) is 13.2. The molecule has 0 saturated heterocycles. The maximum Gasteiger partial charge on any atom is 0.323 e. The number of hydrogen-bond donors (Lipinski definition) is 2. The van der Waals surface area contributed by atoms with Crippen molar-refractivity contribution in [2.45, 2.75) is 90.0 Å². The molecule has 0 aliphatic rings. The summed E-state index contributed by atoms with van der Waals surface area (Å²) in [7, 11) is 0. The molecule has 1 atom stereocenters. The Morgan fingerprint density at radius 2 is 1.32 bits per heavy atom. The van der Waals surface area contributed by atoms with Gasteiger partial charge < -0.3 is 10.8 Å². The molecule has 1 radical (unpaired) electrons. The van der Waals surface area contributed by atoms with Crippen LogP contribution in [-0.4, -0.2) is 46.2 Å². The Hall–Kier alpha value is 0.430. The molecule has 0 saturated carbocycles. The molecule has 0 aromatic heterocycles. The molecule has 109 valence electrons. The third-order valence-corrected chi connectivity index (χ3v) is 3.54. The van der Waals surface area contributed by atoms with Gasteiger partial charge in [0.25, 0.3) is 0 Å². The number of nitrogens with two attached hydrogens (primary N) is 1. The Bertz CT molecular complexity index is 220. The summed E-state index contributed by atoms with van der Waals surface area (Å²) in [5.74, 6) is -0.890. The average Bonchev–Trinajstić information content (AvgIpc) is 2.31. The van der Waals surface area contributed by atoms with E-state index in [0.717, 1.165) is 12.8 Å². The molecule has 0 spiro atoms. The Kier molecular flexibility index (Phi) is 15.3. The first kappa shape index (κ1) is 21.7. The molecule has 3 N–H and O–H groups in total. The first-order valence-corrected chi connectivity index (χ1v) is 7.53. The fraction of sp³-hybridized carbons (Fsp3) is 0.933. The van der Waals surface area contributed by atoms with Gasteiger partial charge in [-0.1, -0.05) is 71.1 Å². The Labute approximate surface area is 141 Å². The molecule has 0 aromatic carbocycles. The second-order valence-electron chi connectivity index (χ2n) is 5.65. The molecule has 0 bridgehead atoms. The molecular formula is C15H31NNaO2. The predicted molar refractivity (Wildman–Crippen MR) is 82.4 cm³/mol. The summed E-state index contributed by atoms with van der Waals surface area (Å²) in [4.78, 5) is 10.8. The monoisotopic (exact) mass is 280 g/mol. The van der Waals surface area contributed by atoms with Crippen LogP contribution < -0.4 is 5.73 Å². The van der Waals surface area contributed by atoms with Crippen molar-refractivity contribution in [2.24, 2.45) is 5.73 Å². The fourth-order valence-electron chi connectivity index (χ4n) is 2.09. The van der Waals surface area contributed by atoms with Crippen LogP contribution in [0.25, 0.3) is 0 Å². The fourth-order valence-corrected chi connectivity index (χ4v) is 2.09. The van der Waals surface area contributed by atoms with Crippen molar-refractivity contribution in [1.82, 2.24) is 0 Å². The minimum absolute atomic E-state index is 0. The topological polar surface area (TPSA) is 63.3 Å². The van der Waals surface area contributed by atoms with E-state index in [0.29, 0.717) is 6.42 Å². The molecule has 0 aromatic rings. The van der Waals surface area contributed by atoms with Crippen molar-refractivity contribution in [3.63, 3.8) is 0 Å². The van der Waals surface area contributed by atoms with Crippen molar-refractivity contribution >= 4 is 35.5 Å². The van der Waals surface area contributed by atoms with Crippen molar-refractivity contribution in [3.8, 4) is 0 Å². The summed E-state index contributed by atoms with van der Waals surface area (Å²) in [5, 5.41) is 8.86. The van der Waals surface area contributed by atoms with Gasteiger partial charge in [-0.05, 0) is 13.3 Å². The number of rotatable bonds is 12. The van der Waals surface area contributed by atoms with Crippen LogP contribution >= 0.6 is 0 Å². The quantitative estimate of drug-likeness (QED) is 0.423. The zero-order chi connectivity index (χ0) is 13.9. The zero-order valence-electron chi connectivity index (χ0n) is 13.2. The third-order valence-electron chi connectivity index (χ3n) is 3.54. The van der Waals surface area contributed by atoms with E-state index in [1.54, 1.807) is 6.92 Å². The normalized spacial score (nSPS) is 13.6. The van der Waals surface area contributed by atoms with E-state index in [2.05, 4.69) is 6.92 Å². The number of aliphatic carboxylic acids is 1. The SMILES string of the molecule is CCCCCCCCCCCCC(C)(N)C(=O)O.[Na]. The van der Waals surface area contributed by atoms with Crippen LogP contribution in [0.15, 0.2) is 0 Å². The Balaban J connectivity index is 0. The van der Waals surface area contributed by atoms with E-state index in [1.807, 2.05) is 0 Å². The zero-order valence-corrected chi connectivity index (χ0v) is 15.2. The van der Waals surface area contributed by atoms with E-state index < -0.39 is 11.5 Å². The summed E-state index contributed by atoms with van der Waals surface area (Å²) >= 11 is 0. The molecule has 0 aliphatic heterocycles. The maximum atomic E-state index is 10.8. The number of carboxylic acid groups (broad SMARTS) is 1. The number of carboxylic acids is 1. The van der Waals surface area contributed by atoms with E-state index in [1.165, 1.54) is 51.4 Å². The van der Waals surface area contributed by atoms with Gasteiger partial charge in [0.05, 0.1) is 0 Å². The van der Waals surface area contributed by atoms with Gasteiger partial charge in [-0.15, -0.1) is 0 Å². The second-order valence-corrected chi connectivity index (χ2v) is 5.65. The van der Waals surface area contributed by atoms with Crippen LogP contribution in [0.5, 0.6) is 0 Å². The first-order chi connectivity index (χ1) is 8.50. The standard InChI is InChI=1S/C15H31NO2.Na/c1-3-4-5-6-7-8-9-10-11-12-13-15(2,16)14(17)18;/h3-13,16H2,1-2H3,(H,17,18);. The average molecular weight is 280 g/mol. The van der Waals surface area contributed by atoms with Crippen molar-refractivity contribution in [1.29, 1.82) is 0 Å². The molecule has 1 unspecified atom stereocenters. The van der Waals surface area contributed by atoms with Crippen molar-refractivity contribution < 1.29 is 9.90 Å². The molecular weight excluding hydrogens is 249 g/mol. The third kappa shape index (κ3) is 13.2. The van der Waals surface area contributed by atoms with Gasteiger partial charge >= 0.3 is 5.97 Å². The van der Waals surface area contributed by atoms with Crippen LogP contribution in [0.1, 0.15) is 84.5 Å². The molecule has 19 heavy (non-hydrogen) atoms. The largest absolute Gasteiger partial charge is 0.480 e. The van der Waals surface area contributed by atoms with E-state index in [4.69, 9.17) is 10.8 Å². The van der Waals surface area contributed by atoms with Crippen LogP contribution in [0.4, 0.5) is 0 Å². The predicted octanol–water partition coefficient (Wildman–Crippen LogP) is 3.72. The smallest absolute Gasteiger partial charge is 0.323 e. The number of hydrogen-bond acceptors (Lipinski definition) is 2. The van der Waals surface area contributed by atoms with Gasteiger partial charge in [0, 0.05) is 29.6 Å². The van der Waals surface area contributed by atoms with Crippen molar-refractivity contribution in [3.05, 3.63) is 0 Å². The van der Waals surface area contributed by atoms with Gasteiger partial charge in [-0.3, -0.25) is 4.79 Å². The molecule has 0 rings (SSSR count). The molecule has 0 heterocycles. The maximum absolute atomic E-state index is 10.8. The van der Waals surface area contributed by atoms with Crippen LogP contribution in [-0.2, 0) is 4.79 Å². The van der Waals surface area contributed by atoms with Crippen LogP contribution in [0.2, 0.25) is 0 Å². The summed E-state index contributed by atoms with van der Waals surface area (Å²) < 4.78 is 0. The molecule has 3 nitrogen and oxygen atoms in total. The number of carbonyl (C=O) groups is 1. The molecule has 0 aliphatic carbocycles. The van der Waals surface area contributed by atoms with Gasteiger partial charge in [0.15, 0.2) is 0 Å². The van der Waals surface area contributed by atoms with Gasteiger partial charge in [0.2, 0.25) is 0 Å². The minimum atomic E-state index is -1.04. The second kappa shape index (κ2) is 13.4. The van der Waals surface area contributed by atoms with Gasteiger partial charge in [0.1, 0.15) is 5.54 Å². The summed E-state index contributed by atoms with van der Waals surface area (Å²) in [5.41, 5.74) is 4.63. The van der Waals surface area contributed by atoms with E-state index in [-0.39, 0.29) is 29.6 Å². The molecule has 0 fully saturated rings. The Morgan fingerprint density at radius 3 is 1.68 bits per heavy atom. The minimum Gasteiger partial charge on any atom is -0.480 e. The first-order valence-electron chi connectivity index (χ1n) is 7.53. The van der Waals surface area contributed by atoms with E-state index in [9.17, 15) is 4.79 Å².